The van der Waals surface area contributed by atoms with Gasteiger partial charge in [-0.3, -0.25) is 14.5 Å². The average molecular weight is 532 g/mol. The molecule has 0 unspecified atom stereocenters. The predicted molar refractivity (Wildman–Crippen MR) is 125 cm³/mol. The highest BCUT2D eigenvalue weighted by Gasteiger charge is 2.53. The lowest BCUT2D eigenvalue weighted by atomic mass is 10.0. The molecule has 36 heavy (non-hydrogen) atoms. The van der Waals surface area contributed by atoms with Crippen LogP contribution >= 0.6 is 23.1 Å². The first-order chi connectivity index (χ1) is 17.3. The van der Waals surface area contributed by atoms with Gasteiger partial charge in [-0.05, 0) is 6.07 Å². The van der Waals surface area contributed by atoms with Crippen LogP contribution in [0.5, 0.6) is 0 Å². The summed E-state index contributed by atoms with van der Waals surface area (Å²) in [5.41, 5.74) is 6.51. The number of hydrogen-bond acceptors (Lipinski definition) is 10. The molecule has 0 radical (unpaired) electrons. The van der Waals surface area contributed by atoms with E-state index < -0.39 is 35.0 Å². The first-order valence-electron chi connectivity index (χ1n) is 10.5. The van der Waals surface area contributed by atoms with Gasteiger partial charge >= 0.3 is 0 Å². The number of β-lactam (4-membered cyclic amide) rings is 1. The molecule has 5 heterocycles. The average Bonchev–Trinajstić information content (AvgIpc) is 3.45. The number of aromatic nitrogens is 3. The van der Waals surface area contributed by atoms with E-state index in [1.165, 1.54) is 36.5 Å². The maximum absolute atomic E-state index is 13.5. The number of carbonyl (C=O) groups is 3. The number of anilines is 1. The number of fused-ring (bicyclic) bond motifs is 2. The molecule has 15 heteroatoms. The number of thioether (sulfide) groups is 1. The number of hydrogen-bond donors (Lipinski definition) is 2. The van der Waals surface area contributed by atoms with Crippen molar-refractivity contribution >= 4 is 57.4 Å². The molecule has 0 aromatic carbocycles. The number of nitrogens with one attached hydrogen (secondary N) is 1. The smallest absolute Gasteiger partial charge is 0.286 e. The number of rotatable bonds is 7. The summed E-state index contributed by atoms with van der Waals surface area (Å²) >= 11 is 2.42. The number of aliphatic carboxylic acids is 1. The Balaban J connectivity index is 1.37. The van der Waals surface area contributed by atoms with Gasteiger partial charge in [-0.15, -0.1) is 23.1 Å². The topological polar surface area (TPSA) is 158 Å². The summed E-state index contributed by atoms with van der Waals surface area (Å²) < 4.78 is 16.8. The molecule has 0 aliphatic carbocycles. The Labute approximate surface area is 210 Å². The first-order valence-corrected chi connectivity index (χ1v) is 12.4. The number of pyridine rings is 1. The Morgan fingerprint density at radius 3 is 2.94 bits per heavy atom. The molecule has 3 N–H and O–H groups in total. The minimum Gasteiger partial charge on any atom is -0.543 e. The standard InChI is InChI=1S/C21H18FN7O5S2/c1-34-26-14(12-9-36-21(23)24-12)17(30)25-15-18(31)29-16(20(32)33)10(8-35-19(15)29)6-27-4-5-28-7-11(22)2-3-13(27)28/h2-5,7,9,15,19H,6,8H2,1H3,(H3-,23,24,25,30,32,33)/b26-14-/t15-,19-/m1/s1. The molecular weight excluding hydrogens is 513 g/mol. The molecule has 0 bridgehead atoms. The van der Waals surface area contributed by atoms with Gasteiger partial charge in [-0.1, -0.05) is 5.16 Å². The molecule has 5 rings (SSSR count). The zero-order valence-electron chi connectivity index (χ0n) is 18.6. The summed E-state index contributed by atoms with van der Waals surface area (Å²) in [5.74, 6) is -2.94. The summed E-state index contributed by atoms with van der Waals surface area (Å²) in [6.07, 6.45) is 4.64. The Kier molecular flexibility index (Phi) is 6.09. The second-order valence-electron chi connectivity index (χ2n) is 7.83. The number of imidazole rings is 1. The van der Waals surface area contributed by atoms with Crippen molar-refractivity contribution in [3.8, 4) is 0 Å². The van der Waals surface area contributed by atoms with Crippen molar-refractivity contribution in [2.24, 2.45) is 5.16 Å². The maximum atomic E-state index is 13.5. The van der Waals surface area contributed by atoms with Crippen molar-refractivity contribution < 1.29 is 33.3 Å². The van der Waals surface area contributed by atoms with Gasteiger partial charge in [0.05, 0.1) is 11.7 Å². The van der Waals surface area contributed by atoms with Crippen LogP contribution in [-0.2, 0) is 25.8 Å². The quantitative estimate of drug-likeness (QED) is 0.168. The lowest BCUT2D eigenvalue weighted by molar-refractivity contribution is -0.662. The molecule has 1 saturated heterocycles. The molecule has 2 aliphatic heterocycles. The van der Waals surface area contributed by atoms with Crippen molar-refractivity contribution in [3.05, 3.63) is 58.9 Å². The van der Waals surface area contributed by atoms with E-state index in [0.717, 1.165) is 16.2 Å². The van der Waals surface area contributed by atoms with Crippen LogP contribution in [0.25, 0.3) is 5.65 Å². The lowest BCUT2D eigenvalue weighted by Gasteiger charge is -2.50. The van der Waals surface area contributed by atoms with Crippen LogP contribution in [0.1, 0.15) is 5.69 Å². The van der Waals surface area contributed by atoms with Crippen LogP contribution < -0.4 is 20.7 Å². The fraction of sp³-hybridized carbons (Fsp3) is 0.238. The normalized spacial score (nSPS) is 19.8. The second-order valence-corrected chi connectivity index (χ2v) is 9.83. The Morgan fingerprint density at radius 2 is 2.25 bits per heavy atom. The highest BCUT2D eigenvalue weighted by atomic mass is 32.2. The van der Waals surface area contributed by atoms with Gasteiger partial charge < -0.3 is 25.8 Å². The number of carboxylic acid groups (broad SMARTS) is 1. The molecule has 2 atom stereocenters. The number of nitrogens with zero attached hydrogens (tertiary/aromatic N) is 5. The van der Waals surface area contributed by atoms with Crippen LogP contribution in [0.15, 0.2) is 52.5 Å². The van der Waals surface area contributed by atoms with Crippen molar-refractivity contribution in [3.63, 3.8) is 0 Å². The van der Waals surface area contributed by atoms with Crippen LogP contribution in [-0.4, -0.2) is 62.1 Å². The third kappa shape index (κ3) is 4.05. The van der Waals surface area contributed by atoms with Crippen molar-refractivity contribution in [2.75, 3.05) is 18.6 Å². The molecule has 1 fully saturated rings. The molecule has 2 amide bonds. The Bertz CT molecular complexity index is 1470. The summed E-state index contributed by atoms with van der Waals surface area (Å²) in [6.45, 7) is 0.155. The van der Waals surface area contributed by atoms with E-state index in [4.69, 9.17) is 10.6 Å². The third-order valence-corrected chi connectivity index (χ3v) is 7.68. The highest BCUT2D eigenvalue weighted by Crippen LogP contribution is 2.40. The third-order valence-electron chi connectivity index (χ3n) is 5.67. The Hall–Kier alpha value is -3.98. The van der Waals surface area contributed by atoms with E-state index in [1.54, 1.807) is 27.4 Å². The van der Waals surface area contributed by atoms with E-state index in [0.29, 0.717) is 11.2 Å². The predicted octanol–water partition coefficient (Wildman–Crippen LogP) is -1.14. The molecule has 12 nitrogen and oxygen atoms in total. The van der Waals surface area contributed by atoms with Crippen LogP contribution in [0, 0.1) is 5.82 Å². The van der Waals surface area contributed by atoms with Crippen molar-refractivity contribution in [1.82, 2.24) is 19.6 Å². The fourth-order valence-electron chi connectivity index (χ4n) is 4.11. The number of thiazole rings is 1. The first kappa shape index (κ1) is 23.7. The van der Waals surface area contributed by atoms with E-state index in [-0.39, 0.29) is 34.5 Å². The zero-order valence-corrected chi connectivity index (χ0v) is 20.2. The number of amides is 2. The van der Waals surface area contributed by atoms with Gasteiger partial charge in [0.1, 0.15) is 49.4 Å². The van der Waals surface area contributed by atoms with Crippen molar-refractivity contribution in [1.29, 1.82) is 0 Å². The Morgan fingerprint density at radius 1 is 1.44 bits per heavy atom. The van der Waals surface area contributed by atoms with E-state index in [2.05, 4.69) is 15.5 Å². The molecule has 0 saturated carbocycles. The summed E-state index contributed by atoms with van der Waals surface area (Å²) in [7, 11) is 1.26. The minimum absolute atomic E-state index is 0.155. The number of carbonyl (C=O) groups excluding carboxylic acids is 3. The molecule has 3 aromatic heterocycles. The highest BCUT2D eigenvalue weighted by molar-refractivity contribution is 8.00. The number of carboxylic acids is 1. The molecule has 2 aliphatic rings. The molecule has 3 aromatic rings. The lowest BCUT2D eigenvalue weighted by Crippen LogP contribution is -2.71. The number of nitrogens with two attached hydrogens (primary N) is 1. The van der Waals surface area contributed by atoms with Gasteiger partial charge in [0.2, 0.25) is 0 Å². The largest absolute Gasteiger partial charge is 0.543 e. The van der Waals surface area contributed by atoms with Gasteiger partial charge in [-0.2, -0.15) is 4.40 Å². The number of nitrogen functional groups attached to an aromatic ring is 1. The van der Waals surface area contributed by atoms with Gasteiger partial charge in [0.15, 0.2) is 16.7 Å². The summed E-state index contributed by atoms with van der Waals surface area (Å²) in [5, 5.41) is 19.5. The van der Waals surface area contributed by atoms with Crippen LogP contribution in [0.4, 0.5) is 9.52 Å². The molecule has 186 valence electrons. The van der Waals surface area contributed by atoms with Gasteiger partial charge in [-0.25, -0.2) is 13.9 Å². The van der Waals surface area contributed by atoms with E-state index in [9.17, 15) is 23.9 Å². The van der Waals surface area contributed by atoms with Gasteiger partial charge in [0, 0.05) is 22.8 Å². The SMILES string of the molecule is CO/N=C(\C(=O)N[C@@H]1C(=O)N2C(C(=O)[O-])=C(C[n+]3ccn4cc(F)ccc43)CS[C@H]12)c1csc(N)n1. The monoisotopic (exact) mass is 531 g/mol. The second kappa shape index (κ2) is 9.23. The zero-order chi connectivity index (χ0) is 25.6. The van der Waals surface area contributed by atoms with E-state index >= 15 is 0 Å². The van der Waals surface area contributed by atoms with Crippen LogP contribution in [0.2, 0.25) is 0 Å². The number of oxime groups is 1. The maximum Gasteiger partial charge on any atom is 0.286 e. The molecule has 0 spiro atoms. The van der Waals surface area contributed by atoms with Crippen LogP contribution in [0.3, 0.4) is 0 Å². The molecular formula is C21H18FN7O5S2. The fourth-order valence-corrected chi connectivity index (χ4v) is 5.99. The van der Waals surface area contributed by atoms with Crippen molar-refractivity contribution in [2.45, 2.75) is 18.0 Å². The minimum atomic E-state index is -1.50. The van der Waals surface area contributed by atoms with Gasteiger partial charge in [0.25, 0.3) is 17.5 Å². The summed E-state index contributed by atoms with van der Waals surface area (Å²) in [6, 6.07) is 1.89. The summed E-state index contributed by atoms with van der Waals surface area (Å²) in [4.78, 5) is 47.8. The number of halogens is 1. The van der Waals surface area contributed by atoms with E-state index in [1.807, 2.05) is 0 Å².